The second kappa shape index (κ2) is 9.01. The molecule has 1 amide bonds. The van der Waals surface area contributed by atoms with Gasteiger partial charge >= 0.3 is 5.97 Å². The lowest BCUT2D eigenvalue weighted by atomic mass is 10.1. The molecule has 0 radical (unpaired) electrons. The highest BCUT2D eigenvalue weighted by atomic mass is 16.5. The molecule has 0 unspecified atom stereocenters. The summed E-state index contributed by atoms with van der Waals surface area (Å²) in [6.45, 7) is 1.78. The van der Waals surface area contributed by atoms with Crippen LogP contribution in [0.3, 0.4) is 0 Å². The molecule has 150 valence electrons. The Morgan fingerprint density at radius 1 is 1.07 bits per heavy atom. The highest BCUT2D eigenvalue weighted by Crippen LogP contribution is 2.22. The number of hydrogen-bond acceptors (Lipinski definition) is 6. The van der Waals surface area contributed by atoms with Crippen molar-refractivity contribution in [3.05, 3.63) is 64.6 Å². The van der Waals surface area contributed by atoms with E-state index in [0.29, 0.717) is 35.2 Å². The molecule has 0 bridgehead atoms. The molecule has 0 fully saturated rings. The number of nitrogens with one attached hydrogen (secondary N) is 1. The standard InChI is InChI=1S/C21H21N3O5/c1-3-12-24-20(26)15-9-5-4-8-14(15)19(23-24)21(27)29-13-18(25)22-16-10-6-7-11-17(16)28-2/h4-11H,3,12-13H2,1-2H3,(H,22,25). The Kier molecular flexibility index (Phi) is 6.23. The molecular weight excluding hydrogens is 374 g/mol. The topological polar surface area (TPSA) is 99.5 Å². The minimum atomic E-state index is -0.777. The molecule has 8 heteroatoms. The number of methoxy groups -OCH3 is 1. The van der Waals surface area contributed by atoms with Crippen LogP contribution in [0, 0.1) is 0 Å². The maximum absolute atomic E-state index is 12.6. The molecule has 0 spiro atoms. The van der Waals surface area contributed by atoms with Gasteiger partial charge in [-0.05, 0) is 24.6 Å². The van der Waals surface area contributed by atoms with E-state index >= 15 is 0 Å². The zero-order valence-electron chi connectivity index (χ0n) is 16.2. The smallest absolute Gasteiger partial charge is 0.359 e. The van der Waals surface area contributed by atoms with Gasteiger partial charge in [-0.2, -0.15) is 5.10 Å². The van der Waals surface area contributed by atoms with Gasteiger partial charge in [0.1, 0.15) is 5.75 Å². The maximum Gasteiger partial charge on any atom is 0.359 e. The number of carbonyl (C=O) groups excluding carboxylic acids is 2. The molecule has 1 heterocycles. The molecule has 3 aromatic rings. The molecule has 8 nitrogen and oxygen atoms in total. The van der Waals surface area contributed by atoms with Crippen molar-refractivity contribution < 1.29 is 19.1 Å². The summed E-state index contributed by atoms with van der Waals surface area (Å²) in [7, 11) is 1.49. The van der Waals surface area contributed by atoms with Crippen molar-refractivity contribution in [3.8, 4) is 5.75 Å². The Bertz CT molecular complexity index is 1110. The van der Waals surface area contributed by atoms with Crippen LogP contribution in [0.4, 0.5) is 5.69 Å². The van der Waals surface area contributed by atoms with Crippen LogP contribution in [0.5, 0.6) is 5.75 Å². The molecule has 2 aromatic carbocycles. The molecule has 3 rings (SSSR count). The molecule has 29 heavy (non-hydrogen) atoms. The molecule has 0 aliphatic heterocycles. The number of para-hydroxylation sites is 2. The van der Waals surface area contributed by atoms with Gasteiger partial charge in [-0.3, -0.25) is 9.59 Å². The first-order valence-corrected chi connectivity index (χ1v) is 9.15. The number of nitrogens with zero attached hydrogens (tertiary/aromatic N) is 2. The van der Waals surface area contributed by atoms with Gasteiger partial charge in [-0.15, -0.1) is 0 Å². The Morgan fingerprint density at radius 2 is 1.76 bits per heavy atom. The summed E-state index contributed by atoms with van der Waals surface area (Å²) in [5.74, 6) is -0.804. The van der Waals surface area contributed by atoms with Crippen molar-refractivity contribution in [3.63, 3.8) is 0 Å². The van der Waals surface area contributed by atoms with Gasteiger partial charge in [0.15, 0.2) is 12.3 Å². The van der Waals surface area contributed by atoms with Gasteiger partial charge in [0.05, 0.1) is 18.2 Å². The van der Waals surface area contributed by atoms with E-state index in [9.17, 15) is 14.4 Å². The van der Waals surface area contributed by atoms with E-state index in [2.05, 4.69) is 10.4 Å². The number of aromatic nitrogens is 2. The predicted octanol–water partition coefficient (Wildman–Crippen LogP) is 2.61. The van der Waals surface area contributed by atoms with E-state index in [1.54, 1.807) is 48.5 Å². The van der Waals surface area contributed by atoms with Gasteiger partial charge in [-0.25, -0.2) is 9.48 Å². The van der Waals surface area contributed by atoms with E-state index in [-0.39, 0.29) is 11.3 Å². The maximum atomic E-state index is 12.6. The van der Waals surface area contributed by atoms with Crippen LogP contribution in [0.25, 0.3) is 10.8 Å². The third-order valence-electron chi connectivity index (χ3n) is 4.21. The minimum absolute atomic E-state index is 0.00117. The van der Waals surface area contributed by atoms with Crippen LogP contribution in [-0.4, -0.2) is 35.4 Å². The highest BCUT2D eigenvalue weighted by Gasteiger charge is 2.19. The van der Waals surface area contributed by atoms with E-state index in [0.717, 1.165) is 0 Å². The molecule has 0 saturated heterocycles. The Balaban J connectivity index is 1.78. The molecule has 1 N–H and O–H groups in total. The van der Waals surface area contributed by atoms with Crippen LogP contribution in [0.2, 0.25) is 0 Å². The quantitative estimate of drug-likeness (QED) is 0.618. The van der Waals surface area contributed by atoms with E-state index < -0.39 is 18.5 Å². The van der Waals surface area contributed by atoms with Gasteiger partial charge in [0, 0.05) is 11.9 Å². The first kappa shape index (κ1) is 20.1. The lowest BCUT2D eigenvalue weighted by Gasteiger charge is -2.11. The van der Waals surface area contributed by atoms with Crippen LogP contribution in [0.1, 0.15) is 23.8 Å². The number of anilines is 1. The van der Waals surface area contributed by atoms with E-state index in [1.807, 2.05) is 6.92 Å². The van der Waals surface area contributed by atoms with Crippen molar-refractivity contribution in [1.82, 2.24) is 9.78 Å². The molecule has 0 saturated carbocycles. The summed E-state index contributed by atoms with van der Waals surface area (Å²) < 4.78 is 11.6. The lowest BCUT2D eigenvalue weighted by Crippen LogP contribution is -2.27. The normalized spacial score (nSPS) is 10.6. The second-order valence-corrected chi connectivity index (χ2v) is 6.25. The average Bonchev–Trinajstić information content (AvgIpc) is 2.74. The van der Waals surface area contributed by atoms with Crippen LogP contribution < -0.4 is 15.6 Å². The zero-order valence-corrected chi connectivity index (χ0v) is 16.2. The third kappa shape index (κ3) is 4.43. The predicted molar refractivity (Wildman–Crippen MR) is 108 cm³/mol. The number of esters is 1. The van der Waals surface area contributed by atoms with E-state index in [4.69, 9.17) is 9.47 Å². The Morgan fingerprint density at radius 3 is 2.48 bits per heavy atom. The summed E-state index contributed by atoms with van der Waals surface area (Å²) in [4.78, 5) is 37.3. The van der Waals surface area contributed by atoms with Gasteiger partial charge in [0.2, 0.25) is 0 Å². The summed E-state index contributed by atoms with van der Waals surface area (Å²) in [5, 5.41) is 7.55. The number of benzene rings is 2. The summed E-state index contributed by atoms with van der Waals surface area (Å²) in [6.07, 6.45) is 0.682. The molecule has 1 aromatic heterocycles. The number of aryl methyl sites for hydroxylation is 1. The number of rotatable bonds is 7. The average molecular weight is 395 g/mol. The van der Waals surface area contributed by atoms with Crippen molar-refractivity contribution in [2.24, 2.45) is 0 Å². The number of amides is 1. The first-order valence-electron chi connectivity index (χ1n) is 9.15. The van der Waals surface area contributed by atoms with Crippen LogP contribution >= 0.6 is 0 Å². The number of carbonyl (C=O) groups is 2. The monoisotopic (exact) mass is 395 g/mol. The second-order valence-electron chi connectivity index (χ2n) is 6.25. The van der Waals surface area contributed by atoms with Crippen LogP contribution in [-0.2, 0) is 16.1 Å². The molecule has 0 aliphatic rings. The summed E-state index contributed by atoms with van der Waals surface area (Å²) >= 11 is 0. The van der Waals surface area contributed by atoms with E-state index in [1.165, 1.54) is 11.8 Å². The third-order valence-corrected chi connectivity index (χ3v) is 4.21. The van der Waals surface area contributed by atoms with Crippen molar-refractivity contribution >= 4 is 28.3 Å². The number of fused-ring (bicyclic) bond motifs is 1. The van der Waals surface area contributed by atoms with Crippen LogP contribution in [0.15, 0.2) is 53.3 Å². The zero-order chi connectivity index (χ0) is 20.8. The summed E-state index contributed by atoms with van der Waals surface area (Å²) in [5.41, 5.74) is 0.197. The van der Waals surface area contributed by atoms with Crippen molar-refractivity contribution in [2.45, 2.75) is 19.9 Å². The SMILES string of the molecule is CCCn1nc(C(=O)OCC(=O)Nc2ccccc2OC)c2ccccc2c1=O. The van der Waals surface area contributed by atoms with Crippen molar-refractivity contribution in [2.75, 3.05) is 19.0 Å². The number of hydrogen-bond donors (Lipinski definition) is 1. The minimum Gasteiger partial charge on any atom is -0.495 e. The molecular formula is C21H21N3O5. The summed E-state index contributed by atoms with van der Waals surface area (Å²) in [6, 6.07) is 13.6. The fraction of sp³-hybridized carbons (Fsp3) is 0.238. The van der Waals surface area contributed by atoms with Crippen molar-refractivity contribution in [1.29, 1.82) is 0 Å². The Hall–Kier alpha value is -3.68. The molecule has 0 aliphatic carbocycles. The highest BCUT2D eigenvalue weighted by molar-refractivity contribution is 6.03. The Labute approximate surface area is 167 Å². The number of ether oxygens (including phenoxy) is 2. The largest absolute Gasteiger partial charge is 0.495 e. The lowest BCUT2D eigenvalue weighted by molar-refractivity contribution is -0.119. The van der Waals surface area contributed by atoms with Gasteiger partial charge in [-0.1, -0.05) is 37.3 Å². The molecule has 0 atom stereocenters. The van der Waals surface area contributed by atoms with Gasteiger partial charge in [0.25, 0.3) is 11.5 Å². The first-order chi connectivity index (χ1) is 14.0. The van der Waals surface area contributed by atoms with Gasteiger partial charge < -0.3 is 14.8 Å². The fourth-order valence-corrected chi connectivity index (χ4v) is 2.88. The fourth-order valence-electron chi connectivity index (χ4n) is 2.88.